The smallest absolute Gasteiger partial charge is 0.217 e. The van der Waals surface area contributed by atoms with E-state index in [0.717, 1.165) is 19.5 Å². The maximum Gasteiger partial charge on any atom is 0.217 e. The number of rotatable bonds is 1. The molecule has 76 valence electrons. The molecule has 3 nitrogen and oxygen atoms in total. The van der Waals surface area contributed by atoms with Crippen LogP contribution in [0.3, 0.4) is 0 Å². The van der Waals surface area contributed by atoms with Gasteiger partial charge in [0, 0.05) is 31.6 Å². The first-order valence-electron chi connectivity index (χ1n) is 4.92. The Hall–Kier alpha value is -0.570. The molecule has 1 heterocycles. The molecule has 3 heteroatoms. The van der Waals surface area contributed by atoms with E-state index < -0.39 is 0 Å². The molecule has 0 aromatic carbocycles. The Morgan fingerprint density at radius 2 is 2.08 bits per heavy atom. The van der Waals surface area contributed by atoms with Crippen LogP contribution in [0.15, 0.2) is 0 Å². The van der Waals surface area contributed by atoms with Gasteiger partial charge in [0.1, 0.15) is 0 Å². The highest BCUT2D eigenvalue weighted by Gasteiger charge is 2.30. The molecular formula is C10H20N2O. The fraction of sp³-hybridized carbons (Fsp3) is 0.900. The fourth-order valence-electron chi connectivity index (χ4n) is 1.77. The minimum atomic E-state index is 0.0840. The molecule has 0 aliphatic carbocycles. The number of carbonyl (C=O) groups excluding carboxylic acids is 1. The van der Waals surface area contributed by atoms with E-state index in [-0.39, 0.29) is 11.4 Å². The Morgan fingerprint density at radius 1 is 1.46 bits per heavy atom. The number of likely N-dealkylation sites (tertiary alicyclic amines) is 1. The number of nitrogens with zero attached hydrogens (tertiary/aromatic N) is 1. The first kappa shape index (κ1) is 10.5. The lowest BCUT2D eigenvalue weighted by molar-refractivity contribution is -0.119. The average molecular weight is 184 g/mol. The third-order valence-electron chi connectivity index (χ3n) is 2.54. The number of nitrogens with one attached hydrogen (secondary N) is 1. The van der Waals surface area contributed by atoms with Crippen LogP contribution in [-0.4, -0.2) is 35.5 Å². The topological polar surface area (TPSA) is 32.3 Å². The van der Waals surface area contributed by atoms with E-state index in [0.29, 0.717) is 6.04 Å². The fourth-order valence-corrected chi connectivity index (χ4v) is 1.77. The van der Waals surface area contributed by atoms with Crippen LogP contribution in [0.4, 0.5) is 0 Å². The zero-order valence-corrected chi connectivity index (χ0v) is 9.05. The largest absolute Gasteiger partial charge is 0.352 e. The molecule has 0 bridgehead atoms. The van der Waals surface area contributed by atoms with Crippen LogP contribution in [0.25, 0.3) is 0 Å². The molecule has 1 fully saturated rings. The Labute approximate surface area is 80.5 Å². The molecule has 0 radical (unpaired) electrons. The van der Waals surface area contributed by atoms with Crippen molar-refractivity contribution in [3.63, 3.8) is 0 Å². The molecule has 1 aliphatic heterocycles. The number of hydrogen-bond donors (Lipinski definition) is 1. The molecule has 1 rings (SSSR count). The first-order chi connectivity index (χ1) is 5.89. The monoisotopic (exact) mass is 184 g/mol. The minimum absolute atomic E-state index is 0.0840. The van der Waals surface area contributed by atoms with E-state index in [2.05, 4.69) is 31.0 Å². The Bertz CT molecular complexity index is 196. The molecule has 1 N–H and O–H groups in total. The second-order valence-corrected chi connectivity index (χ2v) is 4.80. The van der Waals surface area contributed by atoms with Crippen molar-refractivity contribution in [2.24, 2.45) is 0 Å². The zero-order valence-electron chi connectivity index (χ0n) is 9.05. The van der Waals surface area contributed by atoms with Crippen LogP contribution in [-0.2, 0) is 4.79 Å². The predicted molar refractivity (Wildman–Crippen MR) is 53.5 cm³/mol. The second-order valence-electron chi connectivity index (χ2n) is 4.80. The van der Waals surface area contributed by atoms with E-state index in [1.165, 1.54) is 0 Å². The van der Waals surface area contributed by atoms with E-state index >= 15 is 0 Å². The van der Waals surface area contributed by atoms with E-state index in [4.69, 9.17) is 0 Å². The van der Waals surface area contributed by atoms with Gasteiger partial charge in [-0.2, -0.15) is 0 Å². The first-order valence-corrected chi connectivity index (χ1v) is 4.92. The highest BCUT2D eigenvalue weighted by atomic mass is 16.1. The van der Waals surface area contributed by atoms with Crippen molar-refractivity contribution in [2.45, 2.75) is 45.7 Å². The van der Waals surface area contributed by atoms with Crippen molar-refractivity contribution >= 4 is 5.91 Å². The van der Waals surface area contributed by atoms with Crippen LogP contribution < -0.4 is 5.32 Å². The Kier molecular flexibility index (Phi) is 2.96. The molecule has 0 spiro atoms. The number of amides is 1. The maximum atomic E-state index is 10.8. The molecule has 1 amide bonds. The van der Waals surface area contributed by atoms with Gasteiger partial charge in [-0.05, 0) is 27.2 Å². The molecule has 0 aromatic heterocycles. The lowest BCUT2D eigenvalue weighted by Crippen LogP contribution is -2.42. The van der Waals surface area contributed by atoms with Gasteiger partial charge in [-0.3, -0.25) is 9.69 Å². The molecular weight excluding hydrogens is 164 g/mol. The van der Waals surface area contributed by atoms with E-state index in [1.807, 2.05) is 0 Å². The second kappa shape index (κ2) is 3.66. The van der Waals surface area contributed by atoms with Crippen molar-refractivity contribution in [3.05, 3.63) is 0 Å². The summed E-state index contributed by atoms with van der Waals surface area (Å²) in [6.07, 6.45) is 1.08. The van der Waals surface area contributed by atoms with Crippen LogP contribution in [0, 0.1) is 0 Å². The van der Waals surface area contributed by atoms with Gasteiger partial charge in [0.05, 0.1) is 0 Å². The highest BCUT2D eigenvalue weighted by Crippen LogP contribution is 2.20. The van der Waals surface area contributed by atoms with Crippen molar-refractivity contribution in [1.29, 1.82) is 0 Å². The Balaban J connectivity index is 2.41. The summed E-state index contributed by atoms with van der Waals surface area (Å²) in [5.41, 5.74) is 0.229. The van der Waals surface area contributed by atoms with Gasteiger partial charge < -0.3 is 5.32 Å². The van der Waals surface area contributed by atoms with Gasteiger partial charge in [0.15, 0.2) is 0 Å². The number of hydrogen-bond acceptors (Lipinski definition) is 2. The minimum Gasteiger partial charge on any atom is -0.352 e. The normalized spacial score (nSPS) is 24.8. The van der Waals surface area contributed by atoms with Crippen molar-refractivity contribution < 1.29 is 4.79 Å². The quantitative estimate of drug-likeness (QED) is 0.659. The summed E-state index contributed by atoms with van der Waals surface area (Å²) in [4.78, 5) is 13.2. The summed E-state index contributed by atoms with van der Waals surface area (Å²) in [7, 11) is 0. The molecule has 0 aromatic rings. The van der Waals surface area contributed by atoms with Gasteiger partial charge in [0.25, 0.3) is 0 Å². The molecule has 1 aliphatic rings. The SMILES string of the molecule is CC(=O)N[C@@H]1CCN(C(C)(C)C)C1. The summed E-state index contributed by atoms with van der Waals surface area (Å²) in [5, 5.41) is 2.96. The summed E-state index contributed by atoms with van der Waals surface area (Å²) < 4.78 is 0. The van der Waals surface area contributed by atoms with Crippen LogP contribution >= 0.6 is 0 Å². The van der Waals surface area contributed by atoms with Gasteiger partial charge in [-0.25, -0.2) is 0 Å². The van der Waals surface area contributed by atoms with Crippen LogP contribution in [0.2, 0.25) is 0 Å². The van der Waals surface area contributed by atoms with Gasteiger partial charge >= 0.3 is 0 Å². The Morgan fingerprint density at radius 3 is 2.46 bits per heavy atom. The van der Waals surface area contributed by atoms with Crippen LogP contribution in [0.5, 0.6) is 0 Å². The van der Waals surface area contributed by atoms with Crippen LogP contribution in [0.1, 0.15) is 34.1 Å². The molecule has 1 atom stereocenters. The lowest BCUT2D eigenvalue weighted by Gasteiger charge is -2.31. The lowest BCUT2D eigenvalue weighted by atomic mass is 10.1. The van der Waals surface area contributed by atoms with E-state index in [1.54, 1.807) is 6.92 Å². The molecule has 1 saturated heterocycles. The third-order valence-corrected chi connectivity index (χ3v) is 2.54. The molecule has 0 saturated carbocycles. The van der Waals surface area contributed by atoms with Crippen molar-refractivity contribution in [3.8, 4) is 0 Å². The predicted octanol–water partition coefficient (Wildman–Crippen LogP) is 0.995. The van der Waals surface area contributed by atoms with Gasteiger partial charge in [0.2, 0.25) is 5.91 Å². The summed E-state index contributed by atoms with van der Waals surface area (Å²) in [6.45, 7) is 10.3. The van der Waals surface area contributed by atoms with Crippen molar-refractivity contribution in [1.82, 2.24) is 10.2 Å². The van der Waals surface area contributed by atoms with Crippen molar-refractivity contribution in [2.75, 3.05) is 13.1 Å². The number of carbonyl (C=O) groups is 1. The summed E-state index contributed by atoms with van der Waals surface area (Å²) in [6, 6.07) is 0.358. The summed E-state index contributed by atoms with van der Waals surface area (Å²) in [5.74, 6) is 0.0840. The average Bonchev–Trinajstić information content (AvgIpc) is 2.32. The van der Waals surface area contributed by atoms with E-state index in [9.17, 15) is 4.79 Å². The summed E-state index contributed by atoms with van der Waals surface area (Å²) >= 11 is 0. The maximum absolute atomic E-state index is 10.8. The van der Waals surface area contributed by atoms with Gasteiger partial charge in [-0.1, -0.05) is 0 Å². The highest BCUT2D eigenvalue weighted by molar-refractivity contribution is 5.73. The molecule has 0 unspecified atom stereocenters. The third kappa shape index (κ3) is 2.99. The standard InChI is InChI=1S/C10H20N2O/c1-8(13)11-9-5-6-12(7-9)10(2,3)4/h9H,5-7H2,1-4H3,(H,11,13)/t9-/m1/s1. The molecule has 13 heavy (non-hydrogen) atoms. The van der Waals surface area contributed by atoms with Gasteiger partial charge in [-0.15, -0.1) is 0 Å². The zero-order chi connectivity index (χ0) is 10.1.